The molecule has 0 aliphatic heterocycles. The van der Waals surface area contributed by atoms with Crippen molar-refractivity contribution in [1.82, 2.24) is 4.90 Å². The molecule has 0 aliphatic rings. The first-order chi connectivity index (χ1) is 5.99. The summed E-state index contributed by atoms with van der Waals surface area (Å²) in [5.41, 5.74) is 0. The number of carbonyl (C=O) groups is 2. The van der Waals surface area contributed by atoms with Gasteiger partial charge in [0.1, 0.15) is 0 Å². The topological polar surface area (TPSA) is 57.6 Å². The van der Waals surface area contributed by atoms with Crippen LogP contribution in [0.15, 0.2) is 0 Å². The van der Waals surface area contributed by atoms with Crippen molar-refractivity contribution >= 4 is 11.9 Å². The third-order valence-corrected chi connectivity index (χ3v) is 1.89. The summed E-state index contributed by atoms with van der Waals surface area (Å²) in [5.74, 6) is -1.61. The summed E-state index contributed by atoms with van der Waals surface area (Å²) in [5, 5.41) is 8.57. The van der Waals surface area contributed by atoms with E-state index in [-0.39, 0.29) is 12.3 Å². The molecule has 0 saturated heterocycles. The van der Waals surface area contributed by atoms with Crippen LogP contribution in [0.2, 0.25) is 0 Å². The van der Waals surface area contributed by atoms with Gasteiger partial charge in [-0.15, -0.1) is 0 Å². The highest BCUT2D eigenvalue weighted by Crippen LogP contribution is 2.04. The average Bonchev–Trinajstić information content (AvgIpc) is 2.04. The summed E-state index contributed by atoms with van der Waals surface area (Å²) >= 11 is 0. The minimum absolute atomic E-state index is 0.0891. The lowest BCUT2D eigenvalue weighted by molar-refractivity contribution is -0.145. The van der Waals surface area contributed by atoms with E-state index in [0.29, 0.717) is 6.54 Å². The molecule has 0 spiro atoms. The summed E-state index contributed by atoms with van der Waals surface area (Å²) in [4.78, 5) is 23.3. The Morgan fingerprint density at radius 1 is 1.46 bits per heavy atom. The number of rotatable bonds is 5. The van der Waals surface area contributed by atoms with Crippen molar-refractivity contribution in [3.63, 3.8) is 0 Å². The van der Waals surface area contributed by atoms with Crippen LogP contribution >= 0.6 is 0 Å². The lowest BCUT2D eigenvalue weighted by atomic mass is 10.1. The number of hydrogen-bond acceptors (Lipinski definition) is 2. The Bertz CT molecular complexity index is 191. The molecule has 0 heterocycles. The van der Waals surface area contributed by atoms with Crippen LogP contribution in [0.3, 0.4) is 0 Å². The van der Waals surface area contributed by atoms with E-state index < -0.39 is 11.9 Å². The van der Waals surface area contributed by atoms with Gasteiger partial charge in [0.25, 0.3) is 0 Å². The molecule has 0 saturated carbocycles. The summed E-state index contributed by atoms with van der Waals surface area (Å²) < 4.78 is 0. The summed E-state index contributed by atoms with van der Waals surface area (Å²) in [6, 6.07) is 0. The first-order valence-corrected chi connectivity index (χ1v) is 4.45. The molecular formula is C9H17NO3. The van der Waals surface area contributed by atoms with E-state index in [2.05, 4.69) is 0 Å². The van der Waals surface area contributed by atoms with Crippen molar-refractivity contribution in [1.29, 1.82) is 0 Å². The monoisotopic (exact) mass is 187 g/mol. The van der Waals surface area contributed by atoms with Gasteiger partial charge in [-0.3, -0.25) is 9.59 Å². The number of nitrogens with zero attached hydrogens (tertiary/aromatic N) is 1. The van der Waals surface area contributed by atoms with Crippen molar-refractivity contribution < 1.29 is 14.7 Å². The van der Waals surface area contributed by atoms with Crippen molar-refractivity contribution in [3.8, 4) is 0 Å². The fourth-order valence-electron chi connectivity index (χ4n) is 0.965. The standard InChI is InChI=1S/C9H17NO3/c1-4-5-10(3)8(11)6-7(2)9(12)13/h7H,4-6H2,1-3H3,(H,12,13). The molecule has 1 amide bonds. The normalized spacial score (nSPS) is 12.2. The van der Waals surface area contributed by atoms with Crippen LogP contribution in [0.1, 0.15) is 26.7 Å². The van der Waals surface area contributed by atoms with Gasteiger partial charge in [0, 0.05) is 20.0 Å². The number of amides is 1. The third kappa shape index (κ3) is 4.50. The second-order valence-corrected chi connectivity index (χ2v) is 3.26. The molecule has 76 valence electrons. The van der Waals surface area contributed by atoms with Gasteiger partial charge >= 0.3 is 5.97 Å². The predicted octanol–water partition coefficient (Wildman–Crippen LogP) is 0.966. The molecule has 0 bridgehead atoms. The Balaban J connectivity index is 3.92. The molecule has 13 heavy (non-hydrogen) atoms. The predicted molar refractivity (Wildman–Crippen MR) is 49.3 cm³/mol. The van der Waals surface area contributed by atoms with E-state index in [1.165, 1.54) is 0 Å². The maximum atomic E-state index is 11.3. The summed E-state index contributed by atoms with van der Waals surface area (Å²) in [7, 11) is 1.69. The maximum Gasteiger partial charge on any atom is 0.306 e. The molecule has 0 fully saturated rings. The summed E-state index contributed by atoms with van der Waals surface area (Å²) in [6.07, 6.45) is 0.982. The fourth-order valence-corrected chi connectivity index (χ4v) is 0.965. The Morgan fingerprint density at radius 3 is 2.38 bits per heavy atom. The number of carboxylic acids is 1. The Labute approximate surface area is 78.5 Å². The van der Waals surface area contributed by atoms with Crippen molar-refractivity contribution in [2.75, 3.05) is 13.6 Å². The van der Waals surface area contributed by atoms with E-state index >= 15 is 0 Å². The molecule has 1 unspecified atom stereocenters. The largest absolute Gasteiger partial charge is 0.481 e. The van der Waals surface area contributed by atoms with Gasteiger partial charge in [0.15, 0.2) is 0 Å². The van der Waals surface area contributed by atoms with E-state index in [1.807, 2.05) is 6.92 Å². The Kier molecular flexibility index (Phi) is 5.11. The first kappa shape index (κ1) is 11.9. The van der Waals surface area contributed by atoms with Gasteiger partial charge in [0.2, 0.25) is 5.91 Å². The molecular weight excluding hydrogens is 170 g/mol. The second-order valence-electron chi connectivity index (χ2n) is 3.26. The number of hydrogen-bond donors (Lipinski definition) is 1. The zero-order valence-corrected chi connectivity index (χ0v) is 8.41. The van der Waals surface area contributed by atoms with Crippen LogP contribution in [-0.2, 0) is 9.59 Å². The van der Waals surface area contributed by atoms with Gasteiger partial charge in [-0.2, -0.15) is 0 Å². The van der Waals surface area contributed by atoms with Crippen molar-refractivity contribution in [3.05, 3.63) is 0 Å². The number of carbonyl (C=O) groups excluding carboxylic acids is 1. The second kappa shape index (κ2) is 5.56. The zero-order valence-electron chi connectivity index (χ0n) is 8.41. The smallest absolute Gasteiger partial charge is 0.306 e. The Hall–Kier alpha value is -1.06. The Morgan fingerprint density at radius 2 is 2.00 bits per heavy atom. The van der Waals surface area contributed by atoms with E-state index in [9.17, 15) is 9.59 Å². The molecule has 0 aliphatic carbocycles. The highest BCUT2D eigenvalue weighted by Gasteiger charge is 2.17. The van der Waals surface area contributed by atoms with Crippen LogP contribution in [0, 0.1) is 5.92 Å². The fraction of sp³-hybridized carbons (Fsp3) is 0.778. The lowest BCUT2D eigenvalue weighted by Gasteiger charge is -2.17. The van der Waals surface area contributed by atoms with Crippen LogP contribution in [-0.4, -0.2) is 35.5 Å². The molecule has 1 N–H and O–H groups in total. The van der Waals surface area contributed by atoms with E-state index in [0.717, 1.165) is 6.42 Å². The SMILES string of the molecule is CCCN(C)C(=O)CC(C)C(=O)O. The highest BCUT2D eigenvalue weighted by molar-refractivity contribution is 5.81. The average molecular weight is 187 g/mol. The van der Waals surface area contributed by atoms with Crippen LogP contribution in [0.5, 0.6) is 0 Å². The van der Waals surface area contributed by atoms with Crippen LogP contribution in [0.4, 0.5) is 0 Å². The molecule has 4 nitrogen and oxygen atoms in total. The van der Waals surface area contributed by atoms with Gasteiger partial charge in [-0.05, 0) is 6.42 Å². The maximum absolute atomic E-state index is 11.3. The van der Waals surface area contributed by atoms with Gasteiger partial charge in [-0.25, -0.2) is 0 Å². The molecule has 4 heteroatoms. The quantitative estimate of drug-likeness (QED) is 0.697. The highest BCUT2D eigenvalue weighted by atomic mass is 16.4. The molecule has 0 aromatic heterocycles. The zero-order chi connectivity index (χ0) is 10.4. The van der Waals surface area contributed by atoms with Gasteiger partial charge in [-0.1, -0.05) is 13.8 Å². The van der Waals surface area contributed by atoms with E-state index in [4.69, 9.17) is 5.11 Å². The van der Waals surface area contributed by atoms with Crippen molar-refractivity contribution in [2.45, 2.75) is 26.7 Å². The lowest BCUT2D eigenvalue weighted by Crippen LogP contribution is -2.30. The minimum atomic E-state index is -0.918. The molecule has 0 aromatic carbocycles. The van der Waals surface area contributed by atoms with Gasteiger partial charge in [0.05, 0.1) is 5.92 Å². The molecule has 0 rings (SSSR count). The number of carboxylic acid groups (broad SMARTS) is 1. The molecule has 0 radical (unpaired) electrons. The first-order valence-electron chi connectivity index (χ1n) is 4.45. The summed E-state index contributed by atoms with van der Waals surface area (Å²) in [6.45, 7) is 4.20. The molecule has 0 aromatic rings. The van der Waals surface area contributed by atoms with E-state index in [1.54, 1.807) is 18.9 Å². The number of aliphatic carboxylic acids is 1. The third-order valence-electron chi connectivity index (χ3n) is 1.89. The van der Waals surface area contributed by atoms with Crippen molar-refractivity contribution in [2.24, 2.45) is 5.92 Å². The van der Waals surface area contributed by atoms with Crippen LogP contribution in [0.25, 0.3) is 0 Å². The molecule has 1 atom stereocenters. The van der Waals surface area contributed by atoms with Crippen LogP contribution < -0.4 is 0 Å². The van der Waals surface area contributed by atoms with Gasteiger partial charge < -0.3 is 10.0 Å². The minimum Gasteiger partial charge on any atom is -0.481 e.